The van der Waals surface area contributed by atoms with Crippen LogP contribution in [0.25, 0.3) is 0 Å². The molecule has 0 atom stereocenters. The number of anilines is 1. The minimum Gasteiger partial charge on any atom is -0.366 e. The highest BCUT2D eigenvalue weighted by Crippen LogP contribution is 2.25. The summed E-state index contributed by atoms with van der Waals surface area (Å²) < 4.78 is 37.1. The summed E-state index contributed by atoms with van der Waals surface area (Å²) in [5.74, 6) is -2.84. The second-order valence-electron chi connectivity index (χ2n) is 4.61. The normalized spacial score (nSPS) is 11.1. The number of amides is 2. The minimum atomic E-state index is -4.69. The molecule has 0 unspecified atom stereocenters. The molecule has 2 amide bonds. The van der Waals surface area contributed by atoms with Crippen LogP contribution in [0.1, 0.15) is 32.1 Å². The molecule has 0 radical (unpaired) electrons. The van der Waals surface area contributed by atoms with Crippen molar-refractivity contribution in [3.63, 3.8) is 0 Å². The van der Waals surface area contributed by atoms with Crippen molar-refractivity contribution in [3.05, 3.63) is 53.1 Å². The zero-order valence-corrected chi connectivity index (χ0v) is 11.8. The van der Waals surface area contributed by atoms with Gasteiger partial charge in [-0.3, -0.25) is 9.59 Å². The Bertz CT molecular complexity index is 758. The van der Waals surface area contributed by atoms with E-state index in [0.29, 0.717) is 5.56 Å². The predicted molar refractivity (Wildman–Crippen MR) is 74.7 cm³/mol. The lowest BCUT2D eigenvalue weighted by Crippen LogP contribution is -2.20. The summed E-state index contributed by atoms with van der Waals surface area (Å²) in [5.41, 5.74) is 5.90. The van der Waals surface area contributed by atoms with Gasteiger partial charge >= 0.3 is 6.18 Å². The predicted octanol–water partition coefficient (Wildman–Crippen LogP) is 2.16. The molecule has 0 aliphatic heterocycles. The number of aromatic nitrogens is 2. The van der Waals surface area contributed by atoms with E-state index in [9.17, 15) is 22.8 Å². The number of nitrogens with two attached hydrogens (primary N) is 1. The number of hydrogen-bond donors (Lipinski definition) is 2. The summed E-state index contributed by atoms with van der Waals surface area (Å²) in [6, 6.07) is 4.69. The quantitative estimate of drug-likeness (QED) is 0.904. The molecule has 1 aromatic heterocycles. The molecule has 0 saturated heterocycles. The van der Waals surface area contributed by atoms with Gasteiger partial charge in [0.2, 0.25) is 5.82 Å². The van der Waals surface area contributed by atoms with Crippen LogP contribution in [0.15, 0.2) is 30.6 Å². The molecule has 23 heavy (non-hydrogen) atoms. The van der Waals surface area contributed by atoms with Gasteiger partial charge in [0.05, 0.1) is 16.8 Å². The van der Waals surface area contributed by atoms with Gasteiger partial charge < -0.3 is 11.1 Å². The van der Waals surface area contributed by atoms with E-state index in [1.54, 1.807) is 19.1 Å². The Kier molecular flexibility index (Phi) is 4.30. The molecule has 0 spiro atoms. The Balaban J connectivity index is 2.27. The average Bonchev–Trinajstić information content (AvgIpc) is 2.46. The topological polar surface area (TPSA) is 98.0 Å². The van der Waals surface area contributed by atoms with Gasteiger partial charge in [-0.2, -0.15) is 13.2 Å². The molecule has 2 rings (SSSR count). The van der Waals surface area contributed by atoms with Gasteiger partial charge in [-0.25, -0.2) is 9.97 Å². The third kappa shape index (κ3) is 3.62. The number of aryl methyl sites for hydroxylation is 1. The van der Waals surface area contributed by atoms with Gasteiger partial charge in [0.25, 0.3) is 11.8 Å². The van der Waals surface area contributed by atoms with Crippen molar-refractivity contribution < 1.29 is 22.8 Å². The summed E-state index contributed by atoms with van der Waals surface area (Å²) in [6.45, 7) is 1.64. The third-order valence-electron chi connectivity index (χ3n) is 2.93. The molecule has 0 bridgehead atoms. The average molecular weight is 324 g/mol. The SMILES string of the molecule is Cc1cccc(NC(=O)c2cnc(C(F)(F)F)nc2)c1C(N)=O. The monoisotopic (exact) mass is 324 g/mol. The molecule has 0 aliphatic carbocycles. The first-order valence-electron chi connectivity index (χ1n) is 6.30. The van der Waals surface area contributed by atoms with Crippen LogP contribution in [-0.2, 0) is 6.18 Å². The van der Waals surface area contributed by atoms with Gasteiger partial charge in [0, 0.05) is 12.4 Å². The number of nitrogens with zero attached hydrogens (tertiary/aromatic N) is 2. The third-order valence-corrected chi connectivity index (χ3v) is 2.93. The molecule has 1 heterocycles. The van der Waals surface area contributed by atoms with Crippen molar-refractivity contribution in [2.45, 2.75) is 13.1 Å². The number of carbonyl (C=O) groups excluding carboxylic acids is 2. The Morgan fingerprint density at radius 3 is 2.30 bits per heavy atom. The van der Waals surface area contributed by atoms with E-state index in [2.05, 4.69) is 15.3 Å². The Hall–Kier alpha value is -2.97. The number of nitrogens with one attached hydrogen (secondary N) is 1. The van der Waals surface area contributed by atoms with Crippen LogP contribution in [0, 0.1) is 6.92 Å². The van der Waals surface area contributed by atoms with E-state index in [-0.39, 0.29) is 16.8 Å². The number of halogens is 3. The van der Waals surface area contributed by atoms with Crippen molar-refractivity contribution >= 4 is 17.5 Å². The van der Waals surface area contributed by atoms with Gasteiger partial charge in [-0.1, -0.05) is 12.1 Å². The van der Waals surface area contributed by atoms with Crippen LogP contribution in [0.3, 0.4) is 0 Å². The Labute approximate surface area is 128 Å². The number of primary amides is 1. The van der Waals surface area contributed by atoms with Crippen LogP contribution < -0.4 is 11.1 Å². The second kappa shape index (κ2) is 6.03. The first-order valence-corrected chi connectivity index (χ1v) is 6.30. The fraction of sp³-hybridized carbons (Fsp3) is 0.143. The van der Waals surface area contributed by atoms with E-state index in [1.807, 2.05) is 0 Å². The molecule has 2 aromatic rings. The van der Waals surface area contributed by atoms with Crippen LogP contribution >= 0.6 is 0 Å². The fourth-order valence-corrected chi connectivity index (χ4v) is 1.89. The Morgan fingerprint density at radius 2 is 1.78 bits per heavy atom. The van der Waals surface area contributed by atoms with Gasteiger partial charge in [-0.05, 0) is 18.6 Å². The number of benzene rings is 1. The van der Waals surface area contributed by atoms with E-state index in [1.165, 1.54) is 6.07 Å². The lowest BCUT2D eigenvalue weighted by atomic mass is 10.1. The summed E-state index contributed by atoms with van der Waals surface area (Å²) >= 11 is 0. The first-order chi connectivity index (χ1) is 10.7. The maximum atomic E-state index is 12.4. The number of rotatable bonds is 3. The molecule has 3 N–H and O–H groups in total. The maximum absolute atomic E-state index is 12.4. The maximum Gasteiger partial charge on any atom is 0.451 e. The van der Waals surface area contributed by atoms with Gasteiger partial charge in [0.15, 0.2) is 0 Å². The molecule has 0 saturated carbocycles. The molecular weight excluding hydrogens is 313 g/mol. The van der Waals surface area contributed by atoms with Crippen LogP contribution in [0.5, 0.6) is 0 Å². The number of carbonyl (C=O) groups is 2. The zero-order chi connectivity index (χ0) is 17.2. The lowest BCUT2D eigenvalue weighted by Gasteiger charge is -2.11. The summed E-state index contributed by atoms with van der Waals surface area (Å²) in [4.78, 5) is 29.7. The largest absolute Gasteiger partial charge is 0.451 e. The molecular formula is C14H11F3N4O2. The van der Waals surface area contributed by atoms with Crippen LogP contribution in [0.4, 0.5) is 18.9 Å². The smallest absolute Gasteiger partial charge is 0.366 e. The molecule has 0 aliphatic rings. The van der Waals surface area contributed by atoms with Crippen molar-refractivity contribution in [1.82, 2.24) is 9.97 Å². The van der Waals surface area contributed by atoms with Crippen LogP contribution in [-0.4, -0.2) is 21.8 Å². The van der Waals surface area contributed by atoms with Gasteiger partial charge in [-0.15, -0.1) is 0 Å². The van der Waals surface area contributed by atoms with Crippen molar-refractivity contribution in [3.8, 4) is 0 Å². The second-order valence-corrected chi connectivity index (χ2v) is 4.61. The summed E-state index contributed by atoms with van der Waals surface area (Å²) in [6.07, 6.45) is -3.18. The minimum absolute atomic E-state index is 0.119. The summed E-state index contributed by atoms with van der Waals surface area (Å²) in [5, 5.41) is 2.41. The highest BCUT2D eigenvalue weighted by Gasteiger charge is 2.34. The van der Waals surface area contributed by atoms with Crippen molar-refractivity contribution in [1.29, 1.82) is 0 Å². The van der Waals surface area contributed by atoms with E-state index < -0.39 is 23.8 Å². The molecule has 120 valence electrons. The molecule has 6 nitrogen and oxygen atoms in total. The fourth-order valence-electron chi connectivity index (χ4n) is 1.89. The van der Waals surface area contributed by atoms with Gasteiger partial charge in [0.1, 0.15) is 0 Å². The van der Waals surface area contributed by atoms with Crippen molar-refractivity contribution in [2.24, 2.45) is 5.73 Å². The number of alkyl halides is 3. The number of hydrogen-bond acceptors (Lipinski definition) is 4. The van der Waals surface area contributed by atoms with E-state index >= 15 is 0 Å². The standard InChI is InChI=1S/C14H11F3N4O2/c1-7-3-2-4-9(10(7)11(18)22)21-12(23)8-5-19-13(20-6-8)14(15,16)17/h2-6H,1H3,(H2,18,22)(H,21,23). The summed E-state index contributed by atoms with van der Waals surface area (Å²) in [7, 11) is 0. The van der Waals surface area contributed by atoms with E-state index in [0.717, 1.165) is 12.4 Å². The first kappa shape index (κ1) is 16.4. The highest BCUT2D eigenvalue weighted by atomic mass is 19.4. The highest BCUT2D eigenvalue weighted by molar-refractivity contribution is 6.09. The van der Waals surface area contributed by atoms with Crippen LogP contribution in [0.2, 0.25) is 0 Å². The molecule has 1 aromatic carbocycles. The Morgan fingerprint density at radius 1 is 1.17 bits per heavy atom. The molecule has 0 fully saturated rings. The zero-order valence-electron chi connectivity index (χ0n) is 11.8. The van der Waals surface area contributed by atoms with E-state index in [4.69, 9.17) is 5.73 Å². The lowest BCUT2D eigenvalue weighted by molar-refractivity contribution is -0.145. The molecule has 9 heteroatoms. The van der Waals surface area contributed by atoms with Crippen molar-refractivity contribution in [2.75, 3.05) is 5.32 Å².